The van der Waals surface area contributed by atoms with E-state index in [0.29, 0.717) is 12.0 Å². The summed E-state index contributed by atoms with van der Waals surface area (Å²) in [6.45, 7) is 7.76. The second kappa shape index (κ2) is 6.33. The van der Waals surface area contributed by atoms with Crippen molar-refractivity contribution < 1.29 is 9.47 Å². The van der Waals surface area contributed by atoms with Gasteiger partial charge in [0, 0.05) is 39.4 Å². The maximum Gasteiger partial charge on any atom is 0.0971 e. The van der Waals surface area contributed by atoms with E-state index < -0.39 is 0 Å². The number of rotatable bonds is 7. The molecule has 4 nitrogen and oxygen atoms in total. The highest BCUT2D eigenvalue weighted by Gasteiger charge is 2.36. The first-order chi connectivity index (χ1) is 8.65. The second-order valence-electron chi connectivity index (χ2n) is 5.90. The van der Waals surface area contributed by atoms with Gasteiger partial charge in [-0.05, 0) is 32.2 Å². The highest BCUT2D eigenvalue weighted by Crippen LogP contribution is 2.23. The van der Waals surface area contributed by atoms with E-state index in [4.69, 9.17) is 9.47 Å². The molecule has 106 valence electrons. The normalized spacial score (nSPS) is 32.7. The van der Waals surface area contributed by atoms with Crippen LogP contribution in [-0.4, -0.2) is 63.0 Å². The van der Waals surface area contributed by atoms with Gasteiger partial charge in [-0.15, -0.1) is 0 Å². The van der Waals surface area contributed by atoms with E-state index in [1.807, 2.05) is 0 Å². The van der Waals surface area contributed by atoms with Crippen LogP contribution in [-0.2, 0) is 9.47 Å². The Morgan fingerprint density at radius 3 is 2.11 bits per heavy atom. The lowest BCUT2D eigenvalue weighted by molar-refractivity contribution is -0.00461. The van der Waals surface area contributed by atoms with Crippen molar-refractivity contribution in [3.8, 4) is 0 Å². The van der Waals surface area contributed by atoms with Crippen LogP contribution in [0.4, 0.5) is 0 Å². The standard InChI is InChI=1S/C14H28N2O2/c1-10(7-15-12-5-6-12)11(2)16-8-13(17-3)14(9-16)18-4/h10-15H,5-9H2,1-4H3. The molecule has 2 rings (SSSR count). The Bertz CT molecular complexity index is 246. The summed E-state index contributed by atoms with van der Waals surface area (Å²) in [5.74, 6) is 0.665. The summed E-state index contributed by atoms with van der Waals surface area (Å²) in [7, 11) is 3.56. The summed E-state index contributed by atoms with van der Waals surface area (Å²) >= 11 is 0. The number of hydrogen-bond donors (Lipinski definition) is 1. The molecule has 2 fully saturated rings. The largest absolute Gasteiger partial charge is 0.377 e. The van der Waals surface area contributed by atoms with Crippen LogP contribution >= 0.6 is 0 Å². The molecule has 0 radical (unpaired) electrons. The third-order valence-corrected chi connectivity index (χ3v) is 4.55. The molecule has 0 aromatic heterocycles. The minimum absolute atomic E-state index is 0.223. The van der Waals surface area contributed by atoms with E-state index >= 15 is 0 Å². The third kappa shape index (κ3) is 3.44. The molecule has 4 atom stereocenters. The van der Waals surface area contributed by atoms with Crippen molar-refractivity contribution in [1.82, 2.24) is 10.2 Å². The lowest BCUT2D eigenvalue weighted by Gasteiger charge is -2.29. The van der Waals surface area contributed by atoms with Gasteiger partial charge in [0.05, 0.1) is 12.2 Å². The third-order valence-electron chi connectivity index (χ3n) is 4.55. The molecule has 2 aliphatic rings. The molecule has 1 aliphatic heterocycles. The summed E-state index contributed by atoms with van der Waals surface area (Å²) in [6, 6.07) is 1.38. The minimum Gasteiger partial charge on any atom is -0.377 e. The zero-order chi connectivity index (χ0) is 13.1. The van der Waals surface area contributed by atoms with Gasteiger partial charge < -0.3 is 14.8 Å². The summed E-state index contributed by atoms with van der Waals surface area (Å²) in [6.07, 6.45) is 3.17. The number of ether oxygens (including phenoxy) is 2. The Hall–Kier alpha value is -0.160. The Morgan fingerprint density at radius 1 is 1.11 bits per heavy atom. The predicted molar refractivity (Wildman–Crippen MR) is 72.8 cm³/mol. The molecule has 4 heteroatoms. The van der Waals surface area contributed by atoms with Crippen LogP contribution in [0.2, 0.25) is 0 Å². The molecule has 1 saturated carbocycles. The van der Waals surface area contributed by atoms with Gasteiger partial charge in [0.25, 0.3) is 0 Å². The average molecular weight is 256 g/mol. The van der Waals surface area contributed by atoms with Crippen LogP contribution in [0, 0.1) is 5.92 Å². The van der Waals surface area contributed by atoms with Gasteiger partial charge in [0.15, 0.2) is 0 Å². The van der Waals surface area contributed by atoms with Gasteiger partial charge in [-0.3, -0.25) is 4.90 Å². The van der Waals surface area contributed by atoms with Gasteiger partial charge in [-0.25, -0.2) is 0 Å². The fourth-order valence-corrected chi connectivity index (χ4v) is 2.73. The highest BCUT2D eigenvalue weighted by molar-refractivity contribution is 4.90. The lowest BCUT2D eigenvalue weighted by atomic mass is 10.0. The quantitative estimate of drug-likeness (QED) is 0.740. The predicted octanol–water partition coefficient (Wildman–Crippen LogP) is 1.11. The number of nitrogens with zero attached hydrogens (tertiary/aromatic N) is 1. The van der Waals surface area contributed by atoms with Crippen molar-refractivity contribution in [3.63, 3.8) is 0 Å². The molecule has 0 aromatic carbocycles. The molecule has 1 N–H and O–H groups in total. The number of likely N-dealkylation sites (tertiary alicyclic amines) is 1. The molecule has 1 heterocycles. The van der Waals surface area contributed by atoms with Crippen LogP contribution in [0.15, 0.2) is 0 Å². The highest BCUT2D eigenvalue weighted by atomic mass is 16.5. The lowest BCUT2D eigenvalue weighted by Crippen LogP contribution is -2.41. The van der Waals surface area contributed by atoms with Crippen molar-refractivity contribution in [3.05, 3.63) is 0 Å². The molecule has 0 spiro atoms. The van der Waals surface area contributed by atoms with E-state index in [2.05, 4.69) is 24.1 Å². The topological polar surface area (TPSA) is 33.7 Å². The molecule has 4 unspecified atom stereocenters. The molecule has 1 aliphatic carbocycles. The van der Waals surface area contributed by atoms with Crippen molar-refractivity contribution >= 4 is 0 Å². The van der Waals surface area contributed by atoms with Crippen LogP contribution in [0.25, 0.3) is 0 Å². The maximum absolute atomic E-state index is 5.50. The van der Waals surface area contributed by atoms with Crippen molar-refractivity contribution in [2.24, 2.45) is 5.92 Å². The van der Waals surface area contributed by atoms with Crippen LogP contribution in [0.3, 0.4) is 0 Å². The Kier molecular flexibility index (Phi) is 5.01. The van der Waals surface area contributed by atoms with Crippen molar-refractivity contribution in [1.29, 1.82) is 0 Å². The Morgan fingerprint density at radius 2 is 1.67 bits per heavy atom. The van der Waals surface area contributed by atoms with Crippen molar-refractivity contribution in [2.75, 3.05) is 33.9 Å². The summed E-state index contributed by atoms with van der Waals surface area (Å²) < 4.78 is 11.0. The Labute approximate surface area is 111 Å². The first kappa shape index (κ1) is 14.3. The molecule has 0 bridgehead atoms. The zero-order valence-electron chi connectivity index (χ0n) is 12.2. The van der Waals surface area contributed by atoms with E-state index in [-0.39, 0.29) is 12.2 Å². The molecular weight excluding hydrogens is 228 g/mol. The van der Waals surface area contributed by atoms with Gasteiger partial charge in [-0.2, -0.15) is 0 Å². The fraction of sp³-hybridized carbons (Fsp3) is 1.00. The molecule has 18 heavy (non-hydrogen) atoms. The first-order valence-electron chi connectivity index (χ1n) is 7.18. The van der Waals surface area contributed by atoms with E-state index in [9.17, 15) is 0 Å². The zero-order valence-corrected chi connectivity index (χ0v) is 12.2. The van der Waals surface area contributed by atoms with E-state index in [1.165, 1.54) is 12.8 Å². The Balaban J connectivity index is 1.78. The number of nitrogens with one attached hydrogen (secondary N) is 1. The molecule has 0 amide bonds. The van der Waals surface area contributed by atoms with Crippen LogP contribution in [0.5, 0.6) is 0 Å². The molecule has 0 aromatic rings. The number of methoxy groups -OCH3 is 2. The van der Waals surface area contributed by atoms with E-state index in [1.54, 1.807) is 14.2 Å². The van der Waals surface area contributed by atoms with Crippen LogP contribution in [0.1, 0.15) is 26.7 Å². The van der Waals surface area contributed by atoms with Crippen molar-refractivity contribution in [2.45, 2.75) is 51.0 Å². The maximum atomic E-state index is 5.50. The summed E-state index contributed by atoms with van der Waals surface area (Å²) in [4.78, 5) is 2.50. The van der Waals surface area contributed by atoms with Crippen LogP contribution < -0.4 is 5.32 Å². The first-order valence-corrected chi connectivity index (χ1v) is 7.18. The monoisotopic (exact) mass is 256 g/mol. The SMILES string of the molecule is COC1CN(C(C)C(C)CNC2CC2)CC1OC. The smallest absolute Gasteiger partial charge is 0.0971 e. The second-order valence-corrected chi connectivity index (χ2v) is 5.90. The fourth-order valence-electron chi connectivity index (χ4n) is 2.73. The van der Waals surface area contributed by atoms with Gasteiger partial charge in [0.2, 0.25) is 0 Å². The molecular formula is C14H28N2O2. The van der Waals surface area contributed by atoms with Gasteiger partial charge >= 0.3 is 0 Å². The summed E-state index contributed by atoms with van der Waals surface area (Å²) in [5.41, 5.74) is 0. The van der Waals surface area contributed by atoms with Gasteiger partial charge in [0.1, 0.15) is 0 Å². The average Bonchev–Trinajstić information content (AvgIpc) is 3.12. The minimum atomic E-state index is 0.223. The summed E-state index contributed by atoms with van der Waals surface area (Å²) in [5, 5.41) is 3.62. The van der Waals surface area contributed by atoms with E-state index in [0.717, 1.165) is 25.7 Å². The number of hydrogen-bond acceptors (Lipinski definition) is 4. The van der Waals surface area contributed by atoms with Gasteiger partial charge in [-0.1, -0.05) is 6.92 Å². The molecule has 1 saturated heterocycles.